The average molecular weight is 346 g/mol. The molecule has 0 aliphatic rings. The van der Waals surface area contributed by atoms with Gasteiger partial charge in [-0.2, -0.15) is 0 Å². The van der Waals surface area contributed by atoms with Crippen LogP contribution in [0.4, 0.5) is 15.8 Å². The zero-order chi connectivity index (χ0) is 18.1. The monoisotopic (exact) mass is 346 g/mol. The van der Waals surface area contributed by atoms with Crippen LogP contribution in [0.1, 0.15) is 12.8 Å². The van der Waals surface area contributed by atoms with Crippen molar-refractivity contribution in [1.82, 2.24) is 0 Å². The number of ether oxygens (including phenoxy) is 1. The molecule has 0 bridgehead atoms. The van der Waals surface area contributed by atoms with Crippen molar-refractivity contribution in [3.05, 3.63) is 54.3 Å². The lowest BCUT2D eigenvalue weighted by molar-refractivity contribution is -0.116. The maximum absolute atomic E-state index is 12.8. The zero-order valence-electron chi connectivity index (χ0n) is 14.2. The molecule has 0 atom stereocenters. The van der Waals surface area contributed by atoms with Gasteiger partial charge in [-0.3, -0.25) is 4.79 Å². The molecule has 0 heterocycles. The molecular formula is C19H23FN2O3. The summed E-state index contributed by atoms with van der Waals surface area (Å²) < 4.78 is 18.2. The first kappa shape index (κ1) is 18.7. The van der Waals surface area contributed by atoms with E-state index in [4.69, 9.17) is 9.84 Å². The van der Waals surface area contributed by atoms with Crippen LogP contribution >= 0.6 is 0 Å². The highest BCUT2D eigenvalue weighted by atomic mass is 19.1. The number of carbonyl (C=O) groups excluding carboxylic acids is 1. The second-order valence-electron chi connectivity index (χ2n) is 5.65. The molecule has 0 saturated carbocycles. The molecule has 6 heteroatoms. The van der Waals surface area contributed by atoms with Crippen LogP contribution in [0.2, 0.25) is 0 Å². The van der Waals surface area contributed by atoms with E-state index < -0.39 is 0 Å². The van der Waals surface area contributed by atoms with E-state index in [2.05, 4.69) is 5.32 Å². The summed E-state index contributed by atoms with van der Waals surface area (Å²) in [7, 11) is 1.89. The van der Waals surface area contributed by atoms with Crippen LogP contribution in [0.5, 0.6) is 5.75 Å². The molecule has 0 fully saturated rings. The van der Waals surface area contributed by atoms with E-state index in [1.807, 2.05) is 36.2 Å². The molecule has 0 aliphatic heterocycles. The number of anilines is 2. The molecule has 0 aromatic heterocycles. The molecule has 25 heavy (non-hydrogen) atoms. The molecule has 134 valence electrons. The minimum atomic E-state index is -0.305. The number of halogens is 1. The topological polar surface area (TPSA) is 61.8 Å². The number of likely N-dealkylation sites (N-methyl/N-ethyl adjacent to an activating group) is 1. The lowest BCUT2D eigenvalue weighted by atomic mass is 10.2. The summed E-state index contributed by atoms with van der Waals surface area (Å²) in [5.41, 5.74) is 1.70. The van der Waals surface area contributed by atoms with Gasteiger partial charge in [0.1, 0.15) is 11.6 Å². The summed E-state index contributed by atoms with van der Waals surface area (Å²) in [5, 5.41) is 11.8. The minimum Gasteiger partial charge on any atom is -0.494 e. The second-order valence-corrected chi connectivity index (χ2v) is 5.65. The van der Waals surface area contributed by atoms with Gasteiger partial charge in [0.05, 0.1) is 13.2 Å². The van der Waals surface area contributed by atoms with Gasteiger partial charge in [-0.1, -0.05) is 0 Å². The predicted octanol–water partition coefficient (Wildman–Crippen LogP) is 3.05. The summed E-state index contributed by atoms with van der Waals surface area (Å²) >= 11 is 0. The summed E-state index contributed by atoms with van der Waals surface area (Å²) in [6.07, 6.45) is 0.911. The molecule has 5 nitrogen and oxygen atoms in total. The van der Waals surface area contributed by atoms with E-state index in [9.17, 15) is 9.18 Å². The molecule has 2 aromatic rings. The third-order valence-electron chi connectivity index (χ3n) is 3.66. The van der Waals surface area contributed by atoms with Crippen molar-refractivity contribution in [2.45, 2.75) is 12.8 Å². The van der Waals surface area contributed by atoms with Gasteiger partial charge >= 0.3 is 0 Å². The van der Waals surface area contributed by atoms with Crippen LogP contribution in [-0.2, 0) is 4.79 Å². The molecule has 0 unspecified atom stereocenters. The van der Waals surface area contributed by atoms with Crippen LogP contribution in [0, 0.1) is 5.82 Å². The first-order valence-corrected chi connectivity index (χ1v) is 8.19. The number of amides is 1. The Bertz CT molecular complexity index is 659. The Labute approximate surface area is 147 Å². The number of aliphatic hydroxyl groups excluding tert-OH is 1. The zero-order valence-corrected chi connectivity index (χ0v) is 14.2. The molecule has 2 rings (SSSR count). The number of aliphatic hydroxyl groups is 1. The molecule has 0 saturated heterocycles. The summed E-state index contributed by atoms with van der Waals surface area (Å²) in [6, 6.07) is 13.2. The Kier molecular flexibility index (Phi) is 7.22. The van der Waals surface area contributed by atoms with Crippen molar-refractivity contribution in [2.75, 3.05) is 37.0 Å². The highest BCUT2D eigenvalue weighted by molar-refractivity contribution is 5.90. The first-order chi connectivity index (χ1) is 12.1. The van der Waals surface area contributed by atoms with E-state index in [0.29, 0.717) is 31.7 Å². The van der Waals surface area contributed by atoms with E-state index in [1.165, 1.54) is 12.1 Å². The maximum Gasteiger partial charge on any atom is 0.224 e. The van der Waals surface area contributed by atoms with Gasteiger partial charge in [0, 0.05) is 31.4 Å². The minimum absolute atomic E-state index is 0.0841. The van der Waals surface area contributed by atoms with Crippen molar-refractivity contribution >= 4 is 17.3 Å². The largest absolute Gasteiger partial charge is 0.494 e. The fraction of sp³-hybridized carbons (Fsp3) is 0.316. The average Bonchev–Trinajstić information content (AvgIpc) is 2.61. The first-order valence-electron chi connectivity index (χ1n) is 8.19. The third kappa shape index (κ3) is 6.43. The summed E-state index contributed by atoms with van der Waals surface area (Å²) in [6.45, 7) is 1.04. The predicted molar refractivity (Wildman–Crippen MR) is 96.6 cm³/mol. The molecule has 0 spiro atoms. The Morgan fingerprint density at radius 1 is 1.16 bits per heavy atom. The second kappa shape index (κ2) is 9.64. The Hall–Kier alpha value is -2.60. The third-order valence-corrected chi connectivity index (χ3v) is 3.66. The van der Waals surface area contributed by atoms with Crippen LogP contribution in [0.3, 0.4) is 0 Å². The van der Waals surface area contributed by atoms with Crippen molar-refractivity contribution < 1.29 is 19.0 Å². The number of hydrogen-bond acceptors (Lipinski definition) is 4. The van der Waals surface area contributed by atoms with Crippen molar-refractivity contribution in [1.29, 1.82) is 0 Å². The standard InChI is InChI=1S/C19H23FN2O3/c1-22(12-13-23)17-8-6-16(7-9-17)21-19(24)3-2-14-25-18-10-4-15(20)5-11-18/h4-11,23H,2-3,12-14H2,1H3,(H,21,24). The van der Waals surface area contributed by atoms with Gasteiger partial charge in [-0.15, -0.1) is 0 Å². The summed E-state index contributed by atoms with van der Waals surface area (Å²) in [5.74, 6) is 0.198. The van der Waals surface area contributed by atoms with Crippen LogP contribution in [0.15, 0.2) is 48.5 Å². The normalized spacial score (nSPS) is 10.4. The number of hydrogen-bond donors (Lipinski definition) is 2. The molecule has 2 aromatic carbocycles. The van der Waals surface area contributed by atoms with Crippen LogP contribution in [-0.4, -0.2) is 37.8 Å². The van der Waals surface area contributed by atoms with Gasteiger partial charge in [-0.25, -0.2) is 4.39 Å². The van der Waals surface area contributed by atoms with Crippen molar-refractivity contribution in [3.63, 3.8) is 0 Å². The van der Waals surface area contributed by atoms with Gasteiger partial charge < -0.3 is 20.1 Å². The van der Waals surface area contributed by atoms with Crippen molar-refractivity contribution in [2.24, 2.45) is 0 Å². The van der Waals surface area contributed by atoms with Gasteiger partial charge in [0.15, 0.2) is 0 Å². The number of benzene rings is 2. The highest BCUT2D eigenvalue weighted by Gasteiger charge is 2.04. The maximum atomic E-state index is 12.8. The Morgan fingerprint density at radius 2 is 1.84 bits per heavy atom. The molecule has 0 radical (unpaired) electrons. The fourth-order valence-electron chi connectivity index (χ4n) is 2.26. The fourth-order valence-corrected chi connectivity index (χ4v) is 2.26. The Morgan fingerprint density at radius 3 is 2.48 bits per heavy atom. The van der Waals surface area contributed by atoms with E-state index in [1.54, 1.807) is 12.1 Å². The van der Waals surface area contributed by atoms with Crippen LogP contribution in [0.25, 0.3) is 0 Å². The molecule has 1 amide bonds. The van der Waals surface area contributed by atoms with E-state index >= 15 is 0 Å². The smallest absolute Gasteiger partial charge is 0.224 e. The number of carbonyl (C=O) groups is 1. The number of nitrogens with one attached hydrogen (secondary N) is 1. The Balaban J connectivity index is 1.70. The van der Waals surface area contributed by atoms with Gasteiger partial charge in [0.2, 0.25) is 5.91 Å². The van der Waals surface area contributed by atoms with Crippen molar-refractivity contribution in [3.8, 4) is 5.75 Å². The van der Waals surface area contributed by atoms with Crippen LogP contribution < -0.4 is 15.0 Å². The molecule has 2 N–H and O–H groups in total. The molecule has 0 aliphatic carbocycles. The molecular weight excluding hydrogens is 323 g/mol. The van der Waals surface area contributed by atoms with E-state index in [-0.39, 0.29) is 18.3 Å². The lowest BCUT2D eigenvalue weighted by Crippen LogP contribution is -2.21. The number of rotatable bonds is 9. The lowest BCUT2D eigenvalue weighted by Gasteiger charge is -2.18. The van der Waals surface area contributed by atoms with Gasteiger partial charge in [0.25, 0.3) is 0 Å². The SMILES string of the molecule is CN(CCO)c1ccc(NC(=O)CCCOc2ccc(F)cc2)cc1. The quantitative estimate of drug-likeness (QED) is 0.685. The van der Waals surface area contributed by atoms with Gasteiger partial charge in [-0.05, 0) is 55.0 Å². The highest BCUT2D eigenvalue weighted by Crippen LogP contribution is 2.17. The number of nitrogens with zero attached hydrogens (tertiary/aromatic N) is 1. The van der Waals surface area contributed by atoms with E-state index in [0.717, 1.165) is 11.4 Å². The summed E-state index contributed by atoms with van der Waals surface area (Å²) in [4.78, 5) is 13.9.